The first kappa shape index (κ1) is 22.0. The molecular formula is C24H31N5O3. The molecular weight excluding hydrogens is 406 g/mol. The van der Waals surface area contributed by atoms with E-state index in [1.807, 2.05) is 50.9 Å². The summed E-state index contributed by atoms with van der Waals surface area (Å²) in [5, 5.41) is 5.33. The summed E-state index contributed by atoms with van der Waals surface area (Å²) in [4.78, 5) is 31.9. The highest BCUT2D eigenvalue weighted by Gasteiger charge is 2.25. The molecule has 1 fully saturated rings. The maximum Gasteiger partial charge on any atom is 0.253 e. The molecule has 0 unspecified atom stereocenters. The van der Waals surface area contributed by atoms with Gasteiger partial charge in [-0.2, -0.15) is 5.10 Å². The number of aryl methyl sites for hydroxylation is 1. The largest absolute Gasteiger partial charge is 0.481 e. The average Bonchev–Trinajstić information content (AvgIpc) is 3.08. The Hall–Kier alpha value is -3.16. The van der Waals surface area contributed by atoms with Gasteiger partial charge in [0.05, 0.1) is 30.0 Å². The van der Waals surface area contributed by atoms with E-state index in [-0.39, 0.29) is 16.9 Å². The zero-order valence-corrected chi connectivity index (χ0v) is 19.5. The van der Waals surface area contributed by atoms with Crippen LogP contribution in [0.3, 0.4) is 0 Å². The molecule has 2 aromatic heterocycles. The van der Waals surface area contributed by atoms with Gasteiger partial charge < -0.3 is 9.64 Å². The fraction of sp³-hybridized carbons (Fsp3) is 0.500. The van der Waals surface area contributed by atoms with Crippen LogP contribution in [-0.2, 0) is 19.0 Å². The SMILES string of the molecule is COc1c2ccc(C(=O)N3CCC(Cn4cnc(C(C)(C)C)cc4=O)CC3)cc2nn1C. The van der Waals surface area contributed by atoms with E-state index in [9.17, 15) is 9.59 Å². The van der Waals surface area contributed by atoms with E-state index in [1.54, 1.807) is 28.8 Å². The minimum Gasteiger partial charge on any atom is -0.481 e. The Labute approximate surface area is 187 Å². The Kier molecular flexibility index (Phi) is 5.79. The zero-order chi connectivity index (χ0) is 23.0. The molecule has 0 saturated carbocycles. The Bertz CT molecular complexity index is 1200. The van der Waals surface area contributed by atoms with Crippen molar-refractivity contribution in [3.05, 3.63) is 52.2 Å². The van der Waals surface area contributed by atoms with Crippen LogP contribution in [-0.4, -0.2) is 50.3 Å². The first-order valence-electron chi connectivity index (χ1n) is 11.0. The highest BCUT2D eigenvalue weighted by atomic mass is 16.5. The lowest BCUT2D eigenvalue weighted by Gasteiger charge is -2.32. The third kappa shape index (κ3) is 4.26. The Balaban J connectivity index is 1.40. The molecule has 8 nitrogen and oxygen atoms in total. The average molecular weight is 438 g/mol. The maximum atomic E-state index is 13.1. The number of carbonyl (C=O) groups is 1. The smallest absolute Gasteiger partial charge is 0.253 e. The molecule has 1 amide bonds. The molecule has 0 radical (unpaired) electrons. The number of likely N-dealkylation sites (tertiary alicyclic amines) is 1. The maximum absolute atomic E-state index is 13.1. The van der Waals surface area contributed by atoms with Crippen molar-refractivity contribution in [3.8, 4) is 5.88 Å². The van der Waals surface area contributed by atoms with E-state index < -0.39 is 0 Å². The van der Waals surface area contributed by atoms with E-state index in [0.29, 0.717) is 37.0 Å². The Morgan fingerprint density at radius 3 is 2.53 bits per heavy atom. The van der Waals surface area contributed by atoms with E-state index in [1.165, 1.54) is 0 Å². The molecule has 1 aliphatic rings. The van der Waals surface area contributed by atoms with Gasteiger partial charge in [0.15, 0.2) is 0 Å². The van der Waals surface area contributed by atoms with Gasteiger partial charge in [-0.15, -0.1) is 0 Å². The van der Waals surface area contributed by atoms with Crippen LogP contribution in [0.5, 0.6) is 5.88 Å². The van der Waals surface area contributed by atoms with Gasteiger partial charge in [0.1, 0.15) is 0 Å². The van der Waals surface area contributed by atoms with Crippen molar-refractivity contribution < 1.29 is 9.53 Å². The molecule has 4 rings (SSSR count). The molecule has 32 heavy (non-hydrogen) atoms. The quantitative estimate of drug-likeness (QED) is 0.627. The van der Waals surface area contributed by atoms with Crippen molar-refractivity contribution in [1.29, 1.82) is 0 Å². The predicted octanol–water partition coefficient (Wildman–Crippen LogP) is 2.99. The number of fused-ring (bicyclic) bond motifs is 1. The second-order valence-electron chi connectivity index (χ2n) is 9.62. The van der Waals surface area contributed by atoms with Crippen molar-refractivity contribution in [1.82, 2.24) is 24.2 Å². The summed E-state index contributed by atoms with van der Waals surface area (Å²) in [7, 11) is 3.44. The number of ether oxygens (including phenoxy) is 1. The van der Waals surface area contributed by atoms with Crippen LogP contribution >= 0.6 is 0 Å². The summed E-state index contributed by atoms with van der Waals surface area (Å²) < 4.78 is 8.75. The summed E-state index contributed by atoms with van der Waals surface area (Å²) in [5.41, 5.74) is 2.03. The lowest BCUT2D eigenvalue weighted by Crippen LogP contribution is -2.40. The lowest BCUT2D eigenvalue weighted by molar-refractivity contribution is 0.0682. The third-order valence-corrected chi connectivity index (χ3v) is 6.22. The van der Waals surface area contributed by atoms with E-state index in [0.717, 1.165) is 29.4 Å². The topological polar surface area (TPSA) is 82.2 Å². The number of methoxy groups -OCH3 is 1. The van der Waals surface area contributed by atoms with Gasteiger partial charge in [-0.25, -0.2) is 9.67 Å². The fourth-order valence-electron chi connectivity index (χ4n) is 4.30. The normalized spacial score (nSPS) is 15.3. The summed E-state index contributed by atoms with van der Waals surface area (Å²) >= 11 is 0. The number of rotatable bonds is 4. The van der Waals surface area contributed by atoms with Crippen molar-refractivity contribution in [2.75, 3.05) is 20.2 Å². The molecule has 1 aromatic carbocycles. The molecule has 3 aromatic rings. The molecule has 0 N–H and O–H groups in total. The van der Waals surface area contributed by atoms with Gasteiger partial charge in [-0.05, 0) is 37.0 Å². The molecule has 0 spiro atoms. The molecule has 0 aliphatic carbocycles. The van der Waals surface area contributed by atoms with Crippen molar-refractivity contribution in [2.45, 2.75) is 45.6 Å². The van der Waals surface area contributed by atoms with E-state index in [4.69, 9.17) is 4.74 Å². The summed E-state index contributed by atoms with van der Waals surface area (Å²) in [5.74, 6) is 1.05. The molecule has 1 aliphatic heterocycles. The summed E-state index contributed by atoms with van der Waals surface area (Å²) in [6.07, 6.45) is 3.38. The zero-order valence-electron chi connectivity index (χ0n) is 19.5. The van der Waals surface area contributed by atoms with Gasteiger partial charge in [-0.1, -0.05) is 20.8 Å². The molecule has 3 heterocycles. The van der Waals surface area contributed by atoms with Crippen LogP contribution in [0, 0.1) is 5.92 Å². The van der Waals surface area contributed by atoms with Crippen LogP contribution in [0.1, 0.15) is 49.7 Å². The number of carbonyl (C=O) groups excluding carboxylic acids is 1. The standard InChI is InChI=1S/C24H31N5O3/c1-24(2,3)20-13-21(30)29(15-25-20)14-16-8-10-28(11-9-16)22(31)17-6-7-18-19(12-17)26-27(4)23(18)32-5/h6-7,12-13,15-16H,8-11,14H2,1-5H3. The van der Waals surface area contributed by atoms with Gasteiger partial charge in [0.25, 0.3) is 11.5 Å². The van der Waals surface area contributed by atoms with Crippen molar-refractivity contribution in [2.24, 2.45) is 13.0 Å². The van der Waals surface area contributed by atoms with Crippen molar-refractivity contribution in [3.63, 3.8) is 0 Å². The van der Waals surface area contributed by atoms with Gasteiger partial charge in [-0.3, -0.25) is 14.2 Å². The van der Waals surface area contributed by atoms with E-state index in [2.05, 4.69) is 10.1 Å². The van der Waals surface area contributed by atoms with Crippen LogP contribution in [0.4, 0.5) is 0 Å². The number of benzene rings is 1. The van der Waals surface area contributed by atoms with Crippen LogP contribution in [0.25, 0.3) is 10.9 Å². The monoisotopic (exact) mass is 437 g/mol. The van der Waals surface area contributed by atoms with Crippen LogP contribution in [0.15, 0.2) is 35.4 Å². The fourth-order valence-corrected chi connectivity index (χ4v) is 4.30. The molecule has 170 valence electrons. The number of piperidine rings is 1. The molecule has 8 heteroatoms. The minimum absolute atomic E-state index is 0.0116. The minimum atomic E-state index is -0.145. The number of nitrogens with zero attached hydrogens (tertiary/aromatic N) is 5. The number of hydrogen-bond donors (Lipinski definition) is 0. The number of amides is 1. The Morgan fingerprint density at radius 1 is 1.19 bits per heavy atom. The highest BCUT2D eigenvalue weighted by molar-refractivity contribution is 5.98. The molecule has 0 bridgehead atoms. The second kappa shape index (κ2) is 8.41. The van der Waals surface area contributed by atoms with Crippen LogP contribution in [0.2, 0.25) is 0 Å². The predicted molar refractivity (Wildman–Crippen MR) is 123 cm³/mol. The summed E-state index contributed by atoms with van der Waals surface area (Å²) in [6, 6.07) is 7.19. The number of hydrogen-bond acceptors (Lipinski definition) is 5. The van der Waals surface area contributed by atoms with Crippen LogP contribution < -0.4 is 10.3 Å². The lowest BCUT2D eigenvalue weighted by atomic mass is 9.92. The highest BCUT2D eigenvalue weighted by Crippen LogP contribution is 2.27. The van der Waals surface area contributed by atoms with Crippen molar-refractivity contribution >= 4 is 16.8 Å². The summed E-state index contributed by atoms with van der Waals surface area (Å²) in [6.45, 7) is 8.14. The second-order valence-corrected chi connectivity index (χ2v) is 9.62. The first-order valence-corrected chi connectivity index (χ1v) is 11.0. The third-order valence-electron chi connectivity index (χ3n) is 6.22. The van der Waals surface area contributed by atoms with Gasteiger partial charge >= 0.3 is 0 Å². The van der Waals surface area contributed by atoms with Gasteiger partial charge in [0, 0.05) is 43.7 Å². The Morgan fingerprint density at radius 2 is 1.91 bits per heavy atom. The molecule has 0 atom stereocenters. The molecule has 1 saturated heterocycles. The first-order chi connectivity index (χ1) is 15.2. The number of aromatic nitrogens is 4. The van der Waals surface area contributed by atoms with E-state index >= 15 is 0 Å². The van der Waals surface area contributed by atoms with Gasteiger partial charge in [0.2, 0.25) is 5.88 Å².